The largest absolute Gasteiger partial charge is 0.439 e. The Morgan fingerprint density at radius 3 is 2.11 bits per heavy atom. The fourth-order valence-corrected chi connectivity index (χ4v) is 6.85. The molecule has 0 aliphatic rings. The van der Waals surface area contributed by atoms with Gasteiger partial charge in [0.2, 0.25) is 5.88 Å². The van der Waals surface area contributed by atoms with Gasteiger partial charge in [0.25, 0.3) is 0 Å². The molecule has 6 rings (SSSR count). The summed E-state index contributed by atoms with van der Waals surface area (Å²) in [5.41, 5.74) is 3.34. The minimum Gasteiger partial charge on any atom is -0.439 e. The molecule has 0 saturated carbocycles. The Morgan fingerprint density at radius 2 is 1.40 bits per heavy atom. The number of hydrogen-bond acceptors (Lipinski definition) is 4. The van der Waals surface area contributed by atoms with Crippen molar-refractivity contribution in [2.45, 2.75) is 13.1 Å². The molecule has 4 heterocycles. The molecule has 0 amide bonds. The molecule has 170 valence electrons. The van der Waals surface area contributed by atoms with Crippen LogP contribution in [0.2, 0.25) is 13.1 Å². The van der Waals surface area contributed by atoms with Crippen LogP contribution in [0.1, 0.15) is 0 Å². The first-order valence-corrected chi connectivity index (χ1v) is 14.6. The van der Waals surface area contributed by atoms with E-state index in [4.69, 9.17) is 9.72 Å². The topological polar surface area (TPSA) is 52.8 Å². The molecule has 4 aromatic heterocycles. The van der Waals surface area contributed by atoms with E-state index >= 15 is 0 Å². The number of hydrogen-bond donors (Lipinski definition) is 0. The molecular formula is C29H24N4OSi. The van der Waals surface area contributed by atoms with Crippen LogP contribution in [0.25, 0.3) is 27.5 Å². The smallest absolute Gasteiger partial charge is 0.219 e. The van der Waals surface area contributed by atoms with Gasteiger partial charge in [-0.2, -0.15) is 0 Å². The van der Waals surface area contributed by atoms with Crippen LogP contribution in [0.4, 0.5) is 0 Å². The molecular weight excluding hydrogens is 448 g/mol. The normalized spacial score (nSPS) is 11.7. The van der Waals surface area contributed by atoms with Gasteiger partial charge >= 0.3 is 0 Å². The maximum absolute atomic E-state index is 6.09. The average molecular weight is 473 g/mol. The van der Waals surface area contributed by atoms with Crippen molar-refractivity contribution in [2.24, 2.45) is 0 Å². The van der Waals surface area contributed by atoms with Gasteiger partial charge in [-0.15, -0.1) is 0 Å². The molecule has 5 nitrogen and oxygen atoms in total. The van der Waals surface area contributed by atoms with E-state index in [-0.39, 0.29) is 0 Å². The summed E-state index contributed by atoms with van der Waals surface area (Å²) in [5, 5.41) is 4.85. The highest BCUT2D eigenvalue weighted by Crippen LogP contribution is 2.35. The first kappa shape index (κ1) is 21.3. The molecule has 0 N–H and O–H groups in total. The number of pyridine rings is 3. The van der Waals surface area contributed by atoms with Gasteiger partial charge in [-0.25, -0.2) is 4.98 Å². The summed E-state index contributed by atoms with van der Waals surface area (Å²) < 4.78 is 8.37. The Hall–Kier alpha value is -4.29. The molecule has 2 aromatic carbocycles. The van der Waals surface area contributed by atoms with E-state index in [1.54, 1.807) is 6.20 Å². The Morgan fingerprint density at radius 1 is 0.686 bits per heavy atom. The SMILES string of the molecule is C[Si](C)(c1ccc2c(c1)c1cc(Oc3ccccn3)ccc1n2-c1ccncc1)c1ccccn1. The number of nitrogens with zero attached hydrogens (tertiary/aromatic N) is 4. The second-order valence-electron chi connectivity index (χ2n) is 9.06. The first-order chi connectivity index (χ1) is 17.1. The Bertz CT molecular complexity index is 1630. The van der Waals surface area contributed by atoms with Gasteiger partial charge in [-0.05, 0) is 54.6 Å². The molecule has 35 heavy (non-hydrogen) atoms. The summed E-state index contributed by atoms with van der Waals surface area (Å²) in [6, 6.07) is 29.0. The van der Waals surface area contributed by atoms with Crippen molar-refractivity contribution in [3.63, 3.8) is 0 Å². The van der Waals surface area contributed by atoms with E-state index in [1.807, 2.05) is 61.1 Å². The van der Waals surface area contributed by atoms with E-state index in [9.17, 15) is 0 Å². The van der Waals surface area contributed by atoms with Crippen LogP contribution in [-0.2, 0) is 0 Å². The third-order valence-electron chi connectivity index (χ3n) is 6.54. The van der Waals surface area contributed by atoms with Crippen molar-refractivity contribution in [3.8, 4) is 17.3 Å². The summed E-state index contributed by atoms with van der Waals surface area (Å²) in [7, 11) is -1.98. The van der Waals surface area contributed by atoms with Crippen LogP contribution in [0, 0.1) is 0 Å². The van der Waals surface area contributed by atoms with Gasteiger partial charge in [0, 0.05) is 52.6 Å². The molecule has 0 atom stereocenters. The van der Waals surface area contributed by atoms with Gasteiger partial charge in [0.15, 0.2) is 0 Å². The Labute approximate surface area is 204 Å². The van der Waals surface area contributed by atoms with E-state index in [2.05, 4.69) is 70.1 Å². The quantitative estimate of drug-likeness (QED) is 0.307. The van der Waals surface area contributed by atoms with Crippen molar-refractivity contribution < 1.29 is 4.74 Å². The zero-order chi connectivity index (χ0) is 23.8. The van der Waals surface area contributed by atoms with Crippen LogP contribution in [0.15, 0.2) is 110 Å². The predicted octanol–water partition coefficient (Wildman–Crippen LogP) is 5.58. The molecule has 0 fully saturated rings. The third kappa shape index (κ3) is 3.78. The second kappa shape index (κ2) is 8.49. The van der Waals surface area contributed by atoms with E-state index < -0.39 is 8.07 Å². The molecule has 6 aromatic rings. The minimum absolute atomic E-state index is 0.578. The Kier molecular flexibility index (Phi) is 5.15. The highest BCUT2D eigenvalue weighted by atomic mass is 28.3. The lowest BCUT2D eigenvalue weighted by atomic mass is 10.1. The van der Waals surface area contributed by atoms with Crippen LogP contribution < -0.4 is 15.2 Å². The minimum atomic E-state index is -1.98. The monoisotopic (exact) mass is 472 g/mol. The third-order valence-corrected chi connectivity index (χ3v) is 9.88. The zero-order valence-corrected chi connectivity index (χ0v) is 20.6. The number of ether oxygens (including phenoxy) is 1. The van der Waals surface area contributed by atoms with Crippen LogP contribution in [-0.4, -0.2) is 27.6 Å². The highest BCUT2D eigenvalue weighted by molar-refractivity contribution is 7.00. The van der Waals surface area contributed by atoms with Gasteiger partial charge in [0.05, 0.1) is 11.0 Å². The van der Waals surface area contributed by atoms with Crippen molar-refractivity contribution in [1.82, 2.24) is 19.5 Å². The van der Waals surface area contributed by atoms with Crippen molar-refractivity contribution in [3.05, 3.63) is 110 Å². The molecule has 0 unspecified atom stereocenters. The van der Waals surface area contributed by atoms with Gasteiger partial charge in [-0.3, -0.25) is 9.97 Å². The summed E-state index contributed by atoms with van der Waals surface area (Å²) in [4.78, 5) is 13.2. The molecule has 0 spiro atoms. The first-order valence-electron chi connectivity index (χ1n) is 11.6. The van der Waals surface area contributed by atoms with Crippen molar-refractivity contribution in [2.75, 3.05) is 0 Å². The summed E-state index contributed by atoms with van der Waals surface area (Å²) in [6.07, 6.45) is 7.28. The molecule has 0 bridgehead atoms. The lowest BCUT2D eigenvalue weighted by Crippen LogP contribution is -2.54. The van der Waals surface area contributed by atoms with Crippen LogP contribution in [0.3, 0.4) is 0 Å². The van der Waals surface area contributed by atoms with E-state index in [0.29, 0.717) is 5.88 Å². The van der Waals surface area contributed by atoms with Crippen LogP contribution in [0.5, 0.6) is 11.6 Å². The summed E-state index contributed by atoms with van der Waals surface area (Å²) in [6.45, 7) is 4.71. The fraction of sp³-hybridized carbons (Fsp3) is 0.0690. The summed E-state index contributed by atoms with van der Waals surface area (Å²) in [5.74, 6) is 1.34. The Balaban J connectivity index is 1.58. The average Bonchev–Trinajstić information content (AvgIpc) is 3.23. The van der Waals surface area contributed by atoms with E-state index in [0.717, 1.165) is 27.9 Å². The van der Waals surface area contributed by atoms with Crippen molar-refractivity contribution in [1.29, 1.82) is 0 Å². The number of aromatic nitrogens is 4. The summed E-state index contributed by atoms with van der Waals surface area (Å²) >= 11 is 0. The van der Waals surface area contributed by atoms with Crippen molar-refractivity contribution >= 4 is 40.4 Å². The number of benzene rings is 2. The maximum atomic E-state index is 6.09. The van der Waals surface area contributed by atoms with Gasteiger partial charge in [-0.1, -0.05) is 42.5 Å². The van der Waals surface area contributed by atoms with Crippen LogP contribution >= 0.6 is 0 Å². The number of fused-ring (bicyclic) bond motifs is 3. The maximum Gasteiger partial charge on any atom is 0.219 e. The molecule has 0 aliphatic carbocycles. The molecule has 0 saturated heterocycles. The lowest BCUT2D eigenvalue weighted by Gasteiger charge is -2.22. The second-order valence-corrected chi connectivity index (χ2v) is 13.4. The van der Waals surface area contributed by atoms with E-state index in [1.165, 1.54) is 15.9 Å². The lowest BCUT2D eigenvalue weighted by molar-refractivity contribution is 0.463. The van der Waals surface area contributed by atoms with Gasteiger partial charge in [0.1, 0.15) is 13.8 Å². The molecule has 6 heteroatoms. The number of rotatable bonds is 5. The standard InChI is InChI=1S/C29H24N4OSi/c1-35(2,29-8-4-6-16-32-29)23-10-12-27-25(20-23)24-19-22(34-28-7-3-5-15-31-28)9-11-26(24)33(27)21-13-17-30-18-14-21/h3-20H,1-2H3. The molecule has 0 aliphatic heterocycles. The predicted molar refractivity (Wildman–Crippen MR) is 144 cm³/mol. The van der Waals surface area contributed by atoms with Gasteiger partial charge < -0.3 is 9.30 Å². The zero-order valence-electron chi connectivity index (χ0n) is 19.6. The highest BCUT2D eigenvalue weighted by Gasteiger charge is 2.28. The fourth-order valence-electron chi connectivity index (χ4n) is 4.63. The molecule has 0 radical (unpaired) electrons.